The van der Waals surface area contributed by atoms with Crippen LogP contribution in [0.15, 0.2) is 47.5 Å². The highest BCUT2D eigenvalue weighted by Gasteiger charge is 2.35. The molecule has 0 amide bonds. The van der Waals surface area contributed by atoms with E-state index in [1.807, 2.05) is 30.3 Å². The molecule has 0 spiro atoms. The van der Waals surface area contributed by atoms with Crippen molar-refractivity contribution in [1.82, 2.24) is 9.55 Å². The van der Waals surface area contributed by atoms with Crippen LogP contribution in [0.2, 0.25) is 0 Å². The maximum atomic E-state index is 11.9. The van der Waals surface area contributed by atoms with Crippen LogP contribution in [0.25, 0.3) is 11.1 Å². The van der Waals surface area contributed by atoms with Crippen molar-refractivity contribution in [1.29, 1.82) is 0 Å². The number of benzene rings is 1. The number of aliphatic hydroxyl groups is 2. The first-order valence-corrected chi connectivity index (χ1v) is 6.77. The van der Waals surface area contributed by atoms with E-state index in [1.165, 1.54) is 10.8 Å². The molecule has 1 fully saturated rings. The predicted molar refractivity (Wildman–Crippen MR) is 75.6 cm³/mol. The molecule has 21 heavy (non-hydrogen) atoms. The molecule has 6 heteroatoms. The molecule has 1 aliphatic rings. The summed E-state index contributed by atoms with van der Waals surface area (Å²) in [6.07, 6.45) is 1.38. The first kappa shape index (κ1) is 13.9. The van der Waals surface area contributed by atoms with Gasteiger partial charge in [0.2, 0.25) is 0 Å². The standard InChI is InChI=1S/C15H16N2O4/c18-9-13-12(19)6-14(21-13)17-8-11(7-16-15(17)20)10-4-2-1-3-5-10/h1-5,7-8,12-14,18-19H,6,9H2/t12-,13+,14+/m0/s1. The molecule has 2 heterocycles. The van der Waals surface area contributed by atoms with Crippen LogP contribution >= 0.6 is 0 Å². The molecule has 1 aromatic carbocycles. The maximum absolute atomic E-state index is 11.9. The highest BCUT2D eigenvalue weighted by Crippen LogP contribution is 2.28. The van der Waals surface area contributed by atoms with Crippen molar-refractivity contribution in [3.63, 3.8) is 0 Å². The summed E-state index contributed by atoms with van der Waals surface area (Å²) < 4.78 is 6.87. The third-order valence-electron chi connectivity index (χ3n) is 3.61. The van der Waals surface area contributed by atoms with Crippen LogP contribution in [-0.2, 0) is 4.74 Å². The summed E-state index contributed by atoms with van der Waals surface area (Å²) in [5.41, 5.74) is 1.29. The Kier molecular flexibility index (Phi) is 3.83. The van der Waals surface area contributed by atoms with Crippen LogP contribution in [0.4, 0.5) is 0 Å². The van der Waals surface area contributed by atoms with Crippen molar-refractivity contribution in [3.05, 3.63) is 53.2 Å². The average molecular weight is 288 g/mol. The Hall–Kier alpha value is -2.02. The number of aromatic nitrogens is 2. The highest BCUT2D eigenvalue weighted by molar-refractivity contribution is 5.60. The summed E-state index contributed by atoms with van der Waals surface area (Å²) in [6.45, 7) is -0.280. The Morgan fingerprint density at radius 3 is 2.71 bits per heavy atom. The summed E-state index contributed by atoms with van der Waals surface area (Å²) in [6, 6.07) is 9.57. The second-order valence-electron chi connectivity index (χ2n) is 5.01. The third-order valence-corrected chi connectivity index (χ3v) is 3.61. The second kappa shape index (κ2) is 5.77. The van der Waals surface area contributed by atoms with Crippen molar-refractivity contribution in [3.8, 4) is 11.1 Å². The van der Waals surface area contributed by atoms with Crippen LogP contribution in [0, 0.1) is 0 Å². The van der Waals surface area contributed by atoms with Crippen molar-refractivity contribution in [2.24, 2.45) is 0 Å². The number of rotatable bonds is 3. The molecule has 6 nitrogen and oxygen atoms in total. The molecule has 0 bridgehead atoms. The van der Waals surface area contributed by atoms with E-state index in [-0.39, 0.29) is 13.0 Å². The molecule has 3 atom stereocenters. The lowest BCUT2D eigenvalue weighted by Gasteiger charge is -2.15. The smallest absolute Gasteiger partial charge is 0.349 e. The van der Waals surface area contributed by atoms with Gasteiger partial charge in [-0.2, -0.15) is 0 Å². The van der Waals surface area contributed by atoms with Gasteiger partial charge in [0.1, 0.15) is 12.3 Å². The van der Waals surface area contributed by atoms with Gasteiger partial charge in [-0.25, -0.2) is 9.78 Å². The molecular weight excluding hydrogens is 272 g/mol. The first-order valence-electron chi connectivity index (χ1n) is 6.77. The lowest BCUT2D eigenvalue weighted by Crippen LogP contribution is -2.27. The number of ether oxygens (including phenoxy) is 1. The molecule has 1 aliphatic heterocycles. The summed E-state index contributed by atoms with van der Waals surface area (Å²) in [5, 5.41) is 18.9. The largest absolute Gasteiger partial charge is 0.394 e. The van der Waals surface area contributed by atoms with E-state index in [0.29, 0.717) is 0 Å². The van der Waals surface area contributed by atoms with Crippen LogP contribution in [0.3, 0.4) is 0 Å². The van der Waals surface area contributed by atoms with Gasteiger partial charge in [0, 0.05) is 24.4 Å². The predicted octanol–water partition coefficient (Wildman–Crippen LogP) is 0.551. The Morgan fingerprint density at radius 2 is 2.05 bits per heavy atom. The lowest BCUT2D eigenvalue weighted by atomic mass is 10.1. The summed E-state index contributed by atoms with van der Waals surface area (Å²) in [4.78, 5) is 15.8. The fourth-order valence-corrected chi connectivity index (χ4v) is 2.47. The van der Waals surface area contributed by atoms with E-state index in [9.17, 15) is 9.90 Å². The average Bonchev–Trinajstić information content (AvgIpc) is 2.89. The minimum Gasteiger partial charge on any atom is -0.394 e. The summed E-state index contributed by atoms with van der Waals surface area (Å²) in [7, 11) is 0. The SMILES string of the molecule is O=c1ncc(-c2ccccc2)cn1[C@H]1C[C@H](O)[C@@H](CO)O1. The molecule has 0 radical (unpaired) electrons. The van der Waals surface area contributed by atoms with Crippen LogP contribution in [0.1, 0.15) is 12.6 Å². The monoisotopic (exact) mass is 288 g/mol. The van der Waals surface area contributed by atoms with Gasteiger partial charge in [-0.1, -0.05) is 30.3 Å². The Labute approximate surface area is 121 Å². The van der Waals surface area contributed by atoms with Gasteiger partial charge in [-0.05, 0) is 5.56 Å². The van der Waals surface area contributed by atoms with Crippen molar-refractivity contribution < 1.29 is 14.9 Å². The van der Waals surface area contributed by atoms with Crippen molar-refractivity contribution in [2.45, 2.75) is 24.9 Å². The highest BCUT2D eigenvalue weighted by atomic mass is 16.5. The lowest BCUT2D eigenvalue weighted by molar-refractivity contribution is -0.0458. The van der Waals surface area contributed by atoms with E-state index in [4.69, 9.17) is 9.84 Å². The van der Waals surface area contributed by atoms with Crippen molar-refractivity contribution >= 4 is 0 Å². The fourth-order valence-electron chi connectivity index (χ4n) is 2.47. The minimum atomic E-state index is -0.785. The molecular formula is C15H16N2O4. The van der Waals surface area contributed by atoms with Crippen LogP contribution in [-0.4, -0.2) is 38.6 Å². The van der Waals surface area contributed by atoms with E-state index in [2.05, 4.69) is 4.98 Å². The number of nitrogens with zero attached hydrogens (tertiary/aromatic N) is 2. The zero-order valence-corrected chi connectivity index (χ0v) is 11.3. The molecule has 110 valence electrons. The fraction of sp³-hybridized carbons (Fsp3) is 0.333. The number of hydrogen-bond acceptors (Lipinski definition) is 5. The van der Waals surface area contributed by atoms with Gasteiger partial charge in [0.15, 0.2) is 0 Å². The zero-order valence-electron chi connectivity index (χ0n) is 11.3. The maximum Gasteiger partial charge on any atom is 0.349 e. The summed E-state index contributed by atoms with van der Waals surface area (Å²) >= 11 is 0. The third kappa shape index (κ3) is 2.73. The second-order valence-corrected chi connectivity index (χ2v) is 5.01. The first-order chi connectivity index (χ1) is 10.2. The molecule has 0 saturated carbocycles. The van der Waals surface area contributed by atoms with Gasteiger partial charge >= 0.3 is 5.69 Å². The Morgan fingerprint density at radius 1 is 1.29 bits per heavy atom. The molecule has 0 unspecified atom stereocenters. The quantitative estimate of drug-likeness (QED) is 0.861. The Balaban J connectivity index is 1.95. The number of aliphatic hydroxyl groups excluding tert-OH is 2. The minimum absolute atomic E-state index is 0.255. The van der Waals surface area contributed by atoms with Gasteiger partial charge in [-0.3, -0.25) is 4.57 Å². The van der Waals surface area contributed by atoms with Gasteiger partial charge in [0.25, 0.3) is 0 Å². The Bertz CT molecular complexity index is 671. The van der Waals surface area contributed by atoms with E-state index >= 15 is 0 Å². The van der Waals surface area contributed by atoms with Gasteiger partial charge in [0.05, 0.1) is 12.7 Å². The topological polar surface area (TPSA) is 84.6 Å². The van der Waals surface area contributed by atoms with E-state index in [1.54, 1.807) is 6.20 Å². The molecule has 3 rings (SSSR count). The zero-order chi connectivity index (χ0) is 14.8. The van der Waals surface area contributed by atoms with E-state index in [0.717, 1.165) is 11.1 Å². The van der Waals surface area contributed by atoms with Crippen LogP contribution in [0.5, 0.6) is 0 Å². The molecule has 1 saturated heterocycles. The van der Waals surface area contributed by atoms with Gasteiger partial charge < -0.3 is 14.9 Å². The molecule has 1 aromatic heterocycles. The number of hydrogen-bond donors (Lipinski definition) is 2. The van der Waals surface area contributed by atoms with Crippen molar-refractivity contribution in [2.75, 3.05) is 6.61 Å². The normalized spacial score (nSPS) is 25.1. The summed E-state index contributed by atoms with van der Waals surface area (Å²) in [5.74, 6) is 0. The van der Waals surface area contributed by atoms with Crippen LogP contribution < -0.4 is 5.69 Å². The molecule has 2 N–H and O–H groups in total. The molecule has 0 aliphatic carbocycles. The van der Waals surface area contributed by atoms with Gasteiger partial charge in [-0.15, -0.1) is 0 Å². The van der Waals surface area contributed by atoms with E-state index < -0.39 is 24.1 Å². The molecule has 2 aromatic rings.